The molecule has 0 unspecified atom stereocenters. The fraction of sp³-hybridized carbons (Fsp3) is 0.562. The number of alkyl carbamates (subject to hydrolysis) is 1. The molecular weight excluding hydrogens is 296 g/mol. The van der Waals surface area contributed by atoms with Gasteiger partial charge >= 0.3 is 6.09 Å². The SMILES string of the molecule is Cc1cnc2c(c1)nc(CCNC(=O)OC(C)(C)C)n2CCO. The van der Waals surface area contributed by atoms with Crippen molar-refractivity contribution < 1.29 is 14.6 Å². The first-order valence-corrected chi connectivity index (χ1v) is 7.69. The van der Waals surface area contributed by atoms with Crippen molar-refractivity contribution >= 4 is 17.3 Å². The highest BCUT2D eigenvalue weighted by Gasteiger charge is 2.16. The molecule has 0 radical (unpaired) electrons. The predicted octanol–water partition coefficient (Wildman–Crippen LogP) is 1.80. The van der Waals surface area contributed by atoms with Crippen LogP contribution >= 0.6 is 0 Å². The summed E-state index contributed by atoms with van der Waals surface area (Å²) in [6, 6.07) is 1.96. The van der Waals surface area contributed by atoms with Gasteiger partial charge in [0.15, 0.2) is 5.65 Å². The third-order valence-electron chi connectivity index (χ3n) is 3.14. The third kappa shape index (κ3) is 4.66. The molecule has 0 aliphatic rings. The number of carbonyl (C=O) groups excluding carboxylic acids is 1. The monoisotopic (exact) mass is 320 g/mol. The average Bonchev–Trinajstić information content (AvgIpc) is 2.74. The molecule has 0 aliphatic carbocycles. The smallest absolute Gasteiger partial charge is 0.407 e. The highest BCUT2D eigenvalue weighted by Crippen LogP contribution is 2.15. The number of carbonyl (C=O) groups is 1. The third-order valence-corrected chi connectivity index (χ3v) is 3.14. The van der Waals surface area contributed by atoms with Crippen LogP contribution < -0.4 is 5.32 Å². The topological polar surface area (TPSA) is 89.3 Å². The van der Waals surface area contributed by atoms with Crippen molar-refractivity contribution in [3.63, 3.8) is 0 Å². The van der Waals surface area contributed by atoms with Gasteiger partial charge in [-0.1, -0.05) is 0 Å². The van der Waals surface area contributed by atoms with Gasteiger partial charge in [0.25, 0.3) is 0 Å². The van der Waals surface area contributed by atoms with Crippen molar-refractivity contribution in [2.75, 3.05) is 13.2 Å². The molecule has 2 rings (SSSR count). The Hall–Kier alpha value is -2.15. The van der Waals surface area contributed by atoms with E-state index in [-0.39, 0.29) is 6.61 Å². The molecular formula is C16H24N4O3. The molecule has 2 aromatic rings. The summed E-state index contributed by atoms with van der Waals surface area (Å²) in [5, 5.41) is 12.0. The van der Waals surface area contributed by atoms with Crippen LogP contribution in [0.5, 0.6) is 0 Å². The predicted molar refractivity (Wildman–Crippen MR) is 87.3 cm³/mol. The molecule has 7 heteroatoms. The van der Waals surface area contributed by atoms with Gasteiger partial charge in [0.2, 0.25) is 0 Å². The minimum atomic E-state index is -0.518. The molecule has 2 heterocycles. The summed E-state index contributed by atoms with van der Waals surface area (Å²) in [6.07, 6.45) is 1.87. The molecule has 0 spiro atoms. The summed E-state index contributed by atoms with van der Waals surface area (Å²) in [5.74, 6) is 0.781. The van der Waals surface area contributed by atoms with E-state index in [0.717, 1.165) is 22.6 Å². The summed E-state index contributed by atoms with van der Waals surface area (Å²) >= 11 is 0. The highest BCUT2D eigenvalue weighted by atomic mass is 16.6. The van der Waals surface area contributed by atoms with E-state index in [9.17, 15) is 9.90 Å². The lowest BCUT2D eigenvalue weighted by atomic mass is 10.2. The fourth-order valence-electron chi connectivity index (χ4n) is 2.27. The Labute approximate surface area is 135 Å². The molecule has 0 saturated carbocycles. The van der Waals surface area contributed by atoms with Gasteiger partial charge in [0.05, 0.1) is 6.61 Å². The van der Waals surface area contributed by atoms with E-state index < -0.39 is 11.7 Å². The summed E-state index contributed by atoms with van der Waals surface area (Å²) in [4.78, 5) is 20.6. The number of fused-ring (bicyclic) bond motifs is 1. The number of aryl methyl sites for hydroxylation is 1. The maximum Gasteiger partial charge on any atom is 0.407 e. The van der Waals surface area contributed by atoms with Crippen molar-refractivity contribution in [2.24, 2.45) is 0 Å². The quantitative estimate of drug-likeness (QED) is 0.877. The number of imidazole rings is 1. The first-order valence-electron chi connectivity index (χ1n) is 7.69. The van der Waals surface area contributed by atoms with Crippen molar-refractivity contribution in [3.8, 4) is 0 Å². The Morgan fingerprint density at radius 3 is 2.83 bits per heavy atom. The van der Waals surface area contributed by atoms with Gasteiger partial charge in [-0.3, -0.25) is 0 Å². The number of nitrogens with one attached hydrogen (secondary N) is 1. The maximum atomic E-state index is 11.7. The van der Waals surface area contributed by atoms with Gasteiger partial charge in [-0.15, -0.1) is 0 Å². The lowest BCUT2D eigenvalue weighted by molar-refractivity contribution is 0.0528. The second kappa shape index (κ2) is 6.95. The van der Waals surface area contributed by atoms with E-state index >= 15 is 0 Å². The van der Waals surface area contributed by atoms with E-state index in [2.05, 4.69) is 15.3 Å². The molecule has 0 atom stereocenters. The molecule has 0 aliphatic heterocycles. The first-order chi connectivity index (χ1) is 10.8. The van der Waals surface area contributed by atoms with Crippen LogP contribution in [0.15, 0.2) is 12.3 Å². The van der Waals surface area contributed by atoms with Crippen molar-refractivity contribution in [1.29, 1.82) is 0 Å². The summed E-state index contributed by atoms with van der Waals surface area (Å²) in [7, 11) is 0. The van der Waals surface area contributed by atoms with Crippen LogP contribution in [0.3, 0.4) is 0 Å². The number of nitrogens with zero attached hydrogens (tertiary/aromatic N) is 3. The van der Waals surface area contributed by atoms with Gasteiger partial charge in [-0.25, -0.2) is 14.8 Å². The van der Waals surface area contributed by atoms with Crippen LogP contribution in [0.2, 0.25) is 0 Å². The van der Waals surface area contributed by atoms with Crippen molar-refractivity contribution in [1.82, 2.24) is 19.9 Å². The van der Waals surface area contributed by atoms with Crippen LogP contribution in [0.1, 0.15) is 32.2 Å². The Balaban J connectivity index is 2.07. The zero-order valence-electron chi connectivity index (χ0n) is 14.1. The van der Waals surface area contributed by atoms with Crippen LogP contribution in [-0.2, 0) is 17.7 Å². The minimum absolute atomic E-state index is 0.00745. The van der Waals surface area contributed by atoms with Crippen LogP contribution in [0, 0.1) is 6.92 Å². The summed E-state index contributed by atoms with van der Waals surface area (Å²) in [5.41, 5.74) is 2.06. The lowest BCUT2D eigenvalue weighted by Gasteiger charge is -2.19. The number of pyridine rings is 1. The summed E-state index contributed by atoms with van der Waals surface area (Å²) < 4.78 is 7.08. The number of aliphatic hydroxyl groups excluding tert-OH is 1. The van der Waals surface area contributed by atoms with Crippen molar-refractivity contribution in [2.45, 2.75) is 46.3 Å². The molecule has 126 valence electrons. The van der Waals surface area contributed by atoms with E-state index in [1.165, 1.54) is 0 Å². The fourth-order valence-corrected chi connectivity index (χ4v) is 2.27. The molecule has 2 aromatic heterocycles. The molecule has 1 amide bonds. The zero-order chi connectivity index (χ0) is 17.0. The van der Waals surface area contributed by atoms with Crippen LogP contribution in [0.25, 0.3) is 11.2 Å². The second-order valence-corrected chi connectivity index (χ2v) is 6.44. The molecule has 0 fully saturated rings. The van der Waals surface area contributed by atoms with Gasteiger partial charge in [0.1, 0.15) is 16.9 Å². The first kappa shape index (κ1) is 17.2. The van der Waals surface area contributed by atoms with Crippen molar-refractivity contribution in [3.05, 3.63) is 23.7 Å². The number of rotatable bonds is 5. The molecule has 23 heavy (non-hydrogen) atoms. The van der Waals surface area contributed by atoms with Crippen LogP contribution in [-0.4, -0.2) is 44.5 Å². The van der Waals surface area contributed by atoms with Crippen LogP contribution in [0.4, 0.5) is 4.79 Å². The molecule has 0 saturated heterocycles. The van der Waals surface area contributed by atoms with E-state index in [1.807, 2.05) is 38.3 Å². The minimum Gasteiger partial charge on any atom is -0.444 e. The number of hydrogen-bond donors (Lipinski definition) is 2. The van der Waals surface area contributed by atoms with E-state index in [1.54, 1.807) is 6.20 Å². The van der Waals surface area contributed by atoms with Gasteiger partial charge in [0, 0.05) is 25.7 Å². The van der Waals surface area contributed by atoms with Gasteiger partial charge in [-0.2, -0.15) is 0 Å². The largest absolute Gasteiger partial charge is 0.444 e. The molecule has 2 N–H and O–H groups in total. The molecule has 7 nitrogen and oxygen atoms in total. The van der Waals surface area contributed by atoms with Gasteiger partial charge < -0.3 is 19.7 Å². The van der Waals surface area contributed by atoms with Gasteiger partial charge in [-0.05, 0) is 39.3 Å². The average molecular weight is 320 g/mol. The number of aromatic nitrogens is 3. The molecule has 0 aromatic carbocycles. The number of ether oxygens (including phenoxy) is 1. The lowest BCUT2D eigenvalue weighted by Crippen LogP contribution is -2.33. The Bertz CT molecular complexity index is 688. The number of amides is 1. The summed E-state index contributed by atoms with van der Waals surface area (Å²) in [6.45, 7) is 8.26. The van der Waals surface area contributed by atoms with E-state index in [4.69, 9.17) is 4.74 Å². The normalized spacial score (nSPS) is 11.7. The molecule has 0 bridgehead atoms. The Kier molecular flexibility index (Phi) is 5.20. The second-order valence-electron chi connectivity index (χ2n) is 6.44. The zero-order valence-corrected chi connectivity index (χ0v) is 14.1. The maximum absolute atomic E-state index is 11.7. The highest BCUT2D eigenvalue weighted by molar-refractivity contribution is 5.72. The Morgan fingerprint density at radius 2 is 2.17 bits per heavy atom. The standard InChI is InChI=1S/C16H24N4O3/c1-11-9-12-14(18-10-11)20(7-8-21)13(19-12)5-6-17-15(22)23-16(2,3)4/h9-10,21H,5-8H2,1-4H3,(H,17,22). The Morgan fingerprint density at radius 1 is 1.43 bits per heavy atom. The van der Waals surface area contributed by atoms with E-state index in [0.29, 0.717) is 19.5 Å². The number of aliphatic hydroxyl groups is 1. The number of hydrogen-bond acceptors (Lipinski definition) is 5.